The van der Waals surface area contributed by atoms with Crippen molar-refractivity contribution in [3.8, 4) is 5.75 Å². The topological polar surface area (TPSA) is 74.3 Å². The number of nitrogens with zero attached hydrogens (tertiary/aromatic N) is 5. The van der Waals surface area contributed by atoms with Gasteiger partial charge in [0.15, 0.2) is 11.2 Å². The fraction of sp³-hybridized carbons (Fsp3) is 0.346. The van der Waals surface area contributed by atoms with Crippen molar-refractivity contribution in [1.29, 1.82) is 0 Å². The third-order valence-electron chi connectivity index (χ3n) is 6.32. The lowest BCUT2D eigenvalue weighted by Gasteiger charge is -2.33. The summed E-state index contributed by atoms with van der Waals surface area (Å²) in [5.74, 6) is 1.78. The number of hydrogen-bond donors (Lipinski definition) is 0. The Hall–Kier alpha value is -3.81. The maximum absolute atomic E-state index is 13.6. The van der Waals surface area contributed by atoms with Crippen LogP contribution >= 0.6 is 0 Å². The first kappa shape index (κ1) is 22.0. The van der Waals surface area contributed by atoms with Crippen molar-refractivity contribution in [2.24, 2.45) is 13.0 Å². The summed E-state index contributed by atoms with van der Waals surface area (Å²) in [6.45, 7) is 8.38. The molecule has 0 amide bonds. The molecular formula is C26H29N5O3. The molecule has 0 N–H and O–H groups in total. The van der Waals surface area contributed by atoms with Crippen molar-refractivity contribution in [2.45, 2.75) is 33.9 Å². The molecule has 0 aliphatic carbocycles. The molecule has 8 heteroatoms. The Morgan fingerprint density at radius 3 is 2.56 bits per heavy atom. The molecule has 176 valence electrons. The molecule has 1 atom stereocenters. The van der Waals surface area contributed by atoms with Gasteiger partial charge in [-0.1, -0.05) is 36.8 Å². The second-order valence-corrected chi connectivity index (χ2v) is 9.06. The summed E-state index contributed by atoms with van der Waals surface area (Å²) in [6, 6.07) is 15.8. The first-order chi connectivity index (χ1) is 16.4. The number of aromatic nitrogens is 4. The van der Waals surface area contributed by atoms with E-state index >= 15 is 0 Å². The first-order valence-corrected chi connectivity index (χ1v) is 11.6. The highest BCUT2D eigenvalue weighted by Gasteiger charge is 2.29. The van der Waals surface area contributed by atoms with E-state index in [-0.39, 0.29) is 17.8 Å². The van der Waals surface area contributed by atoms with Gasteiger partial charge in [0.1, 0.15) is 5.75 Å². The van der Waals surface area contributed by atoms with Crippen molar-refractivity contribution < 1.29 is 4.74 Å². The van der Waals surface area contributed by atoms with Crippen molar-refractivity contribution in [2.75, 3.05) is 18.1 Å². The lowest BCUT2D eigenvalue weighted by Crippen LogP contribution is -2.40. The summed E-state index contributed by atoms with van der Waals surface area (Å²) in [6.07, 6.45) is 0. The van der Waals surface area contributed by atoms with E-state index in [0.717, 1.165) is 29.1 Å². The second kappa shape index (κ2) is 8.52. The number of aryl methyl sites for hydroxylation is 2. The van der Waals surface area contributed by atoms with Crippen LogP contribution in [0.15, 0.2) is 58.1 Å². The Balaban J connectivity index is 1.66. The first-order valence-electron chi connectivity index (χ1n) is 11.6. The number of hydrogen-bond acceptors (Lipinski definition) is 5. The van der Waals surface area contributed by atoms with Gasteiger partial charge in [0, 0.05) is 25.8 Å². The summed E-state index contributed by atoms with van der Waals surface area (Å²) in [5, 5.41) is 0. The minimum absolute atomic E-state index is 0.224. The Morgan fingerprint density at radius 1 is 1.09 bits per heavy atom. The molecule has 2 aromatic carbocycles. The molecule has 1 aliphatic heterocycles. The van der Waals surface area contributed by atoms with Crippen molar-refractivity contribution in [3.05, 3.63) is 80.5 Å². The van der Waals surface area contributed by atoms with Crippen LogP contribution in [0.1, 0.15) is 25.0 Å². The second-order valence-electron chi connectivity index (χ2n) is 9.06. The predicted molar refractivity (Wildman–Crippen MR) is 133 cm³/mol. The minimum Gasteiger partial charge on any atom is -0.494 e. The summed E-state index contributed by atoms with van der Waals surface area (Å²) < 4.78 is 10.3. The standard InChI is InChI=1S/C26H29N5O3/c1-5-34-21-11-9-20(10-12-21)29-14-18(3)15-30-22-23(27-25(29)30)28(4)26(33)31(24(22)32)16-19-8-6-7-17(2)13-19/h6-13,18H,5,14-16H2,1-4H3/t18-/m0/s1. The zero-order valence-electron chi connectivity index (χ0n) is 20.0. The highest BCUT2D eigenvalue weighted by molar-refractivity contribution is 5.77. The van der Waals surface area contributed by atoms with Crippen molar-refractivity contribution in [3.63, 3.8) is 0 Å². The highest BCUT2D eigenvalue weighted by atomic mass is 16.5. The number of imidazole rings is 1. The predicted octanol–water partition coefficient (Wildman–Crippen LogP) is 3.44. The quantitative estimate of drug-likeness (QED) is 0.457. The Bertz CT molecular complexity index is 1480. The normalized spacial score (nSPS) is 15.5. The zero-order valence-corrected chi connectivity index (χ0v) is 20.0. The fourth-order valence-electron chi connectivity index (χ4n) is 4.74. The lowest BCUT2D eigenvalue weighted by atomic mass is 10.1. The molecule has 0 bridgehead atoms. The molecule has 34 heavy (non-hydrogen) atoms. The van der Waals surface area contributed by atoms with Crippen LogP contribution in [0.5, 0.6) is 5.75 Å². The van der Waals surface area contributed by atoms with Gasteiger partial charge in [0.25, 0.3) is 5.56 Å². The van der Waals surface area contributed by atoms with Crippen LogP contribution in [0.3, 0.4) is 0 Å². The van der Waals surface area contributed by atoms with Crippen LogP contribution in [0.25, 0.3) is 11.2 Å². The molecule has 0 fully saturated rings. The van der Waals surface area contributed by atoms with E-state index in [1.54, 1.807) is 7.05 Å². The molecule has 0 spiro atoms. The smallest absolute Gasteiger partial charge is 0.332 e. The van der Waals surface area contributed by atoms with Gasteiger partial charge in [0.2, 0.25) is 5.95 Å². The van der Waals surface area contributed by atoms with E-state index in [1.807, 2.05) is 66.9 Å². The van der Waals surface area contributed by atoms with Gasteiger partial charge in [-0.25, -0.2) is 4.79 Å². The minimum atomic E-state index is -0.366. The summed E-state index contributed by atoms with van der Waals surface area (Å²) in [5.41, 5.74) is 3.18. The van der Waals surface area contributed by atoms with Gasteiger partial charge in [0.05, 0.1) is 13.2 Å². The van der Waals surface area contributed by atoms with Gasteiger partial charge >= 0.3 is 5.69 Å². The summed E-state index contributed by atoms with van der Waals surface area (Å²) in [7, 11) is 1.68. The number of anilines is 2. The largest absolute Gasteiger partial charge is 0.494 e. The van der Waals surface area contributed by atoms with Gasteiger partial charge in [-0.15, -0.1) is 0 Å². The van der Waals surface area contributed by atoms with E-state index in [9.17, 15) is 9.59 Å². The molecule has 0 radical (unpaired) electrons. The molecule has 3 heterocycles. The average Bonchev–Trinajstić information content (AvgIpc) is 3.20. The molecule has 0 saturated heterocycles. The Kier molecular flexibility index (Phi) is 5.51. The number of benzene rings is 2. The van der Waals surface area contributed by atoms with E-state index in [4.69, 9.17) is 9.72 Å². The fourth-order valence-corrected chi connectivity index (χ4v) is 4.74. The third kappa shape index (κ3) is 3.69. The maximum Gasteiger partial charge on any atom is 0.332 e. The monoisotopic (exact) mass is 459 g/mol. The van der Waals surface area contributed by atoms with Crippen LogP contribution in [-0.2, 0) is 20.1 Å². The molecular weight excluding hydrogens is 430 g/mol. The number of ether oxygens (including phenoxy) is 1. The maximum atomic E-state index is 13.6. The average molecular weight is 460 g/mol. The molecule has 0 saturated carbocycles. The van der Waals surface area contributed by atoms with Crippen LogP contribution in [0.2, 0.25) is 0 Å². The van der Waals surface area contributed by atoms with Crippen molar-refractivity contribution >= 4 is 22.8 Å². The Morgan fingerprint density at radius 2 is 1.85 bits per heavy atom. The molecule has 2 aromatic heterocycles. The van der Waals surface area contributed by atoms with Crippen LogP contribution in [0, 0.1) is 12.8 Å². The summed E-state index contributed by atoms with van der Waals surface area (Å²) in [4.78, 5) is 33.7. The highest BCUT2D eigenvalue weighted by Crippen LogP contribution is 2.33. The molecule has 8 nitrogen and oxygen atoms in total. The Labute approximate surface area is 197 Å². The van der Waals surface area contributed by atoms with Crippen molar-refractivity contribution in [1.82, 2.24) is 18.7 Å². The molecule has 4 aromatic rings. The van der Waals surface area contributed by atoms with Gasteiger partial charge in [-0.2, -0.15) is 4.98 Å². The number of fused-ring (bicyclic) bond motifs is 3. The van der Waals surface area contributed by atoms with Gasteiger partial charge in [-0.3, -0.25) is 13.9 Å². The third-order valence-corrected chi connectivity index (χ3v) is 6.32. The number of rotatable bonds is 5. The van der Waals surface area contributed by atoms with E-state index in [0.29, 0.717) is 36.2 Å². The van der Waals surface area contributed by atoms with Crippen LogP contribution in [-0.4, -0.2) is 31.8 Å². The molecule has 0 unspecified atom stereocenters. The summed E-state index contributed by atoms with van der Waals surface area (Å²) >= 11 is 0. The van der Waals surface area contributed by atoms with E-state index < -0.39 is 0 Å². The van der Waals surface area contributed by atoms with Gasteiger partial charge < -0.3 is 14.2 Å². The molecule has 1 aliphatic rings. The molecule has 5 rings (SSSR count). The van der Waals surface area contributed by atoms with Crippen LogP contribution in [0.4, 0.5) is 11.6 Å². The zero-order chi connectivity index (χ0) is 24.0. The van der Waals surface area contributed by atoms with E-state index in [1.165, 1.54) is 9.13 Å². The lowest BCUT2D eigenvalue weighted by molar-refractivity contribution is 0.340. The van der Waals surface area contributed by atoms with Gasteiger partial charge in [-0.05, 0) is 49.6 Å². The van der Waals surface area contributed by atoms with E-state index in [2.05, 4.69) is 11.8 Å². The van der Waals surface area contributed by atoms with Crippen LogP contribution < -0.4 is 20.9 Å². The SMILES string of the molecule is CCOc1ccc(N2C[C@H](C)Cn3c2nc2c3c(=O)n(Cc3cccc(C)c3)c(=O)n2C)cc1.